The normalized spacial score (nSPS) is 10.3. The fourth-order valence-corrected chi connectivity index (χ4v) is 4.11. The van der Waals surface area contributed by atoms with Crippen LogP contribution >= 0.6 is 0 Å². The zero-order valence-corrected chi connectivity index (χ0v) is 22.0. The van der Waals surface area contributed by atoms with Gasteiger partial charge in [-0.05, 0) is 60.7 Å². The summed E-state index contributed by atoms with van der Waals surface area (Å²) in [5, 5.41) is 10.2. The van der Waals surface area contributed by atoms with Crippen LogP contribution in [0.3, 0.4) is 0 Å². The van der Waals surface area contributed by atoms with Gasteiger partial charge in [0, 0.05) is 46.6 Å². The predicted octanol–water partition coefficient (Wildman–Crippen LogP) is 5.79. The van der Waals surface area contributed by atoms with Crippen LogP contribution in [0.4, 0.5) is 11.5 Å². The van der Waals surface area contributed by atoms with Gasteiger partial charge in [0.2, 0.25) is 0 Å². The van der Waals surface area contributed by atoms with E-state index in [0.717, 1.165) is 5.56 Å². The number of terminal acetylenes is 1. The first-order chi connectivity index (χ1) is 19.9. The fraction of sp³-hybridized carbons (Fsp3) is 0.0303. The topological polar surface area (TPSA) is 102 Å². The van der Waals surface area contributed by atoms with Crippen LogP contribution in [0.2, 0.25) is 0 Å². The number of nitrogens with one attached hydrogen (secondary N) is 2. The summed E-state index contributed by atoms with van der Waals surface area (Å²) in [6, 6.07) is 30.9. The lowest BCUT2D eigenvalue weighted by Gasteiger charge is -2.06. The Morgan fingerprint density at radius 1 is 0.732 bits per heavy atom. The van der Waals surface area contributed by atoms with Gasteiger partial charge in [0.05, 0.1) is 5.69 Å². The van der Waals surface area contributed by atoms with E-state index >= 15 is 0 Å². The largest absolute Gasteiger partial charge is 0.408 e. The summed E-state index contributed by atoms with van der Waals surface area (Å²) in [5.74, 6) is 0.252. The average molecular weight is 541 g/mol. The minimum absolute atomic E-state index is 0.189. The summed E-state index contributed by atoms with van der Waals surface area (Å²) in [6.07, 6.45) is 7.20. The number of benzene rings is 4. The van der Waals surface area contributed by atoms with Crippen molar-refractivity contribution < 1.29 is 19.1 Å². The van der Waals surface area contributed by atoms with Crippen molar-refractivity contribution in [2.45, 2.75) is 0 Å². The van der Waals surface area contributed by atoms with Crippen LogP contribution in [-0.4, -0.2) is 27.4 Å². The molecule has 0 aliphatic rings. The molecule has 2 N–H and O–H groups in total. The predicted molar refractivity (Wildman–Crippen MR) is 157 cm³/mol. The summed E-state index contributed by atoms with van der Waals surface area (Å²) >= 11 is 0. The molecule has 0 saturated carbocycles. The van der Waals surface area contributed by atoms with Gasteiger partial charge in [-0.3, -0.25) is 19.1 Å². The van der Waals surface area contributed by atoms with E-state index in [0.29, 0.717) is 45.2 Å². The highest BCUT2D eigenvalue weighted by atomic mass is 16.5. The van der Waals surface area contributed by atoms with Gasteiger partial charge in [0.25, 0.3) is 11.8 Å². The number of aryl methyl sites for hydroxylation is 1. The molecular formula is C33H24N4O4. The van der Waals surface area contributed by atoms with E-state index in [1.807, 2.05) is 30.3 Å². The molecule has 0 bridgehead atoms. The molecule has 8 heteroatoms. The second-order valence-corrected chi connectivity index (χ2v) is 9.04. The van der Waals surface area contributed by atoms with Gasteiger partial charge in [-0.25, -0.2) is 0 Å². The number of hydrogen-bond donors (Lipinski definition) is 2. The first-order valence-electron chi connectivity index (χ1n) is 12.6. The first kappa shape index (κ1) is 26.7. The molecule has 8 nitrogen and oxygen atoms in total. The van der Waals surface area contributed by atoms with Crippen molar-refractivity contribution in [1.82, 2.24) is 9.78 Å². The maximum absolute atomic E-state index is 12.9. The van der Waals surface area contributed by atoms with Crippen LogP contribution in [0.25, 0.3) is 11.3 Å². The van der Waals surface area contributed by atoms with Crippen LogP contribution in [0, 0.1) is 12.5 Å². The molecule has 0 unspecified atom stereocenters. The van der Waals surface area contributed by atoms with Crippen molar-refractivity contribution in [1.29, 1.82) is 0 Å². The molecule has 0 spiro atoms. The molecule has 1 aromatic heterocycles. The zero-order chi connectivity index (χ0) is 28.8. The van der Waals surface area contributed by atoms with Gasteiger partial charge in [-0.2, -0.15) is 5.10 Å². The molecule has 200 valence electrons. The molecule has 5 rings (SSSR count). The number of rotatable bonds is 8. The smallest absolute Gasteiger partial charge is 0.256 e. The number of hydrogen-bond acceptors (Lipinski definition) is 5. The molecule has 0 aliphatic heterocycles. The average Bonchev–Trinajstić information content (AvgIpc) is 3.37. The number of ether oxygens (including phenoxy) is 1. The lowest BCUT2D eigenvalue weighted by Crippen LogP contribution is -2.14. The third-order valence-electron chi connectivity index (χ3n) is 6.30. The second kappa shape index (κ2) is 11.8. The Bertz CT molecular complexity index is 1750. The molecule has 0 aliphatic carbocycles. The quantitative estimate of drug-likeness (QED) is 0.192. The monoisotopic (exact) mass is 540 g/mol. The van der Waals surface area contributed by atoms with E-state index < -0.39 is 0 Å². The Hall–Kier alpha value is -5.94. The lowest BCUT2D eigenvalue weighted by molar-refractivity contribution is 0.101. The summed E-state index contributed by atoms with van der Waals surface area (Å²) in [5.41, 5.74) is 4.01. The van der Waals surface area contributed by atoms with Crippen LogP contribution in [0.15, 0.2) is 109 Å². The molecular weight excluding hydrogens is 516 g/mol. The molecule has 1 heterocycles. The van der Waals surface area contributed by atoms with Gasteiger partial charge in [0.1, 0.15) is 17.7 Å². The van der Waals surface area contributed by atoms with E-state index in [1.54, 1.807) is 90.6 Å². The zero-order valence-electron chi connectivity index (χ0n) is 22.0. The molecule has 4 aromatic carbocycles. The van der Waals surface area contributed by atoms with Crippen LogP contribution in [0.1, 0.15) is 36.6 Å². The standard InChI is InChI=1S/C33H24N4O4/c1-3-41-28-19-15-24(16-20-28)31(38)23-9-11-26(12-10-23)33(40)35-30-21-29(36-37(30)2)22-13-17-27(18-14-22)34-32(39)25-7-5-4-6-8-25/h1,4-21H,2H3,(H,34,39)(H,35,40). The highest BCUT2D eigenvalue weighted by Crippen LogP contribution is 2.24. The highest BCUT2D eigenvalue weighted by molar-refractivity contribution is 6.10. The summed E-state index contributed by atoms with van der Waals surface area (Å²) in [6.45, 7) is 0. The maximum Gasteiger partial charge on any atom is 0.256 e. The summed E-state index contributed by atoms with van der Waals surface area (Å²) < 4.78 is 6.53. The van der Waals surface area contributed by atoms with Crippen LogP contribution in [-0.2, 0) is 7.05 Å². The maximum atomic E-state index is 12.9. The number of carbonyl (C=O) groups excluding carboxylic acids is 3. The molecule has 0 radical (unpaired) electrons. The Balaban J connectivity index is 1.22. The Kier molecular flexibility index (Phi) is 7.70. The molecule has 41 heavy (non-hydrogen) atoms. The van der Waals surface area contributed by atoms with Crippen molar-refractivity contribution in [3.63, 3.8) is 0 Å². The lowest BCUT2D eigenvalue weighted by atomic mass is 10.0. The van der Waals surface area contributed by atoms with E-state index in [-0.39, 0.29) is 17.6 Å². The molecule has 5 aromatic rings. The molecule has 0 fully saturated rings. The number of ketones is 1. The first-order valence-corrected chi connectivity index (χ1v) is 12.6. The Morgan fingerprint density at radius 2 is 1.29 bits per heavy atom. The SMILES string of the molecule is C#COc1ccc(C(=O)c2ccc(C(=O)Nc3cc(-c4ccc(NC(=O)c5ccccc5)cc4)nn3C)cc2)cc1. The third kappa shape index (κ3) is 6.21. The van der Waals surface area contributed by atoms with E-state index in [2.05, 4.69) is 21.8 Å². The van der Waals surface area contributed by atoms with E-state index in [9.17, 15) is 14.4 Å². The summed E-state index contributed by atoms with van der Waals surface area (Å²) in [4.78, 5) is 38.1. The van der Waals surface area contributed by atoms with Crippen molar-refractivity contribution in [3.8, 4) is 29.5 Å². The van der Waals surface area contributed by atoms with Gasteiger partial charge in [0.15, 0.2) is 5.78 Å². The Labute approximate surface area is 236 Å². The highest BCUT2D eigenvalue weighted by Gasteiger charge is 2.14. The van der Waals surface area contributed by atoms with Crippen LogP contribution in [0.5, 0.6) is 5.75 Å². The summed E-state index contributed by atoms with van der Waals surface area (Å²) in [7, 11) is 1.73. The number of amides is 2. The minimum Gasteiger partial charge on any atom is -0.408 e. The minimum atomic E-state index is -0.340. The molecule has 2 amide bonds. The second-order valence-electron chi connectivity index (χ2n) is 9.04. The van der Waals surface area contributed by atoms with Gasteiger partial charge in [-0.1, -0.05) is 48.9 Å². The van der Waals surface area contributed by atoms with E-state index in [1.165, 1.54) is 0 Å². The van der Waals surface area contributed by atoms with Crippen molar-refractivity contribution in [2.75, 3.05) is 10.6 Å². The van der Waals surface area contributed by atoms with Gasteiger partial charge in [-0.15, -0.1) is 0 Å². The van der Waals surface area contributed by atoms with Gasteiger partial charge >= 0.3 is 0 Å². The number of carbonyl (C=O) groups is 3. The third-order valence-corrected chi connectivity index (χ3v) is 6.30. The van der Waals surface area contributed by atoms with Crippen molar-refractivity contribution in [2.24, 2.45) is 7.05 Å². The molecule has 0 saturated heterocycles. The van der Waals surface area contributed by atoms with Crippen molar-refractivity contribution >= 4 is 29.1 Å². The van der Waals surface area contributed by atoms with Crippen LogP contribution < -0.4 is 15.4 Å². The van der Waals surface area contributed by atoms with E-state index in [4.69, 9.17) is 11.2 Å². The van der Waals surface area contributed by atoms with Crippen molar-refractivity contribution in [3.05, 3.63) is 131 Å². The number of anilines is 2. The number of nitrogens with zero attached hydrogens (tertiary/aromatic N) is 2. The number of aromatic nitrogens is 2. The molecule has 0 atom stereocenters. The van der Waals surface area contributed by atoms with Gasteiger partial charge < -0.3 is 15.4 Å². The fourth-order valence-electron chi connectivity index (χ4n) is 4.11. The Morgan fingerprint density at radius 3 is 1.93 bits per heavy atom.